The molecule has 0 aromatic heterocycles. The molecule has 0 saturated heterocycles. The van der Waals surface area contributed by atoms with Gasteiger partial charge in [-0.25, -0.2) is 4.79 Å². The number of amides is 3. The number of phenols is 1. The number of para-hydroxylation sites is 2. The van der Waals surface area contributed by atoms with E-state index in [1.54, 1.807) is 39.0 Å². The van der Waals surface area contributed by atoms with Crippen molar-refractivity contribution >= 4 is 23.6 Å². The summed E-state index contributed by atoms with van der Waals surface area (Å²) >= 11 is 0. The molecule has 8 heteroatoms. The summed E-state index contributed by atoms with van der Waals surface area (Å²) in [6.07, 6.45) is 0.893. The Balaban J connectivity index is 1.75. The van der Waals surface area contributed by atoms with Crippen molar-refractivity contribution in [2.75, 3.05) is 5.32 Å². The van der Waals surface area contributed by atoms with Crippen molar-refractivity contribution in [2.45, 2.75) is 77.6 Å². The van der Waals surface area contributed by atoms with Gasteiger partial charge in [-0.3, -0.25) is 9.59 Å². The molecule has 1 aliphatic carbocycles. The van der Waals surface area contributed by atoms with Crippen LogP contribution in [0.5, 0.6) is 5.75 Å². The fourth-order valence-electron chi connectivity index (χ4n) is 4.89. The Hall–Kier alpha value is -4.33. The van der Waals surface area contributed by atoms with Crippen LogP contribution in [0.1, 0.15) is 61.9 Å². The maximum atomic E-state index is 14.4. The quantitative estimate of drug-likeness (QED) is 0.308. The average molecular weight is 558 g/mol. The lowest BCUT2D eigenvalue weighted by Crippen LogP contribution is -2.54. The molecule has 0 heterocycles. The van der Waals surface area contributed by atoms with Crippen LogP contribution in [0.2, 0.25) is 0 Å². The highest BCUT2D eigenvalue weighted by atomic mass is 16.6. The number of hydrogen-bond donors (Lipinski definition) is 3. The van der Waals surface area contributed by atoms with Gasteiger partial charge >= 0.3 is 6.09 Å². The van der Waals surface area contributed by atoms with E-state index in [9.17, 15) is 19.5 Å². The number of ether oxygens (including phenoxy) is 1. The lowest BCUT2D eigenvalue weighted by atomic mass is 9.99. The SMILES string of the molecule is Cc1cccc(C)c1NC(=O)C(c1ccccc1O)N(C(=O)C(Cc1ccccc1)NC(=O)OC(C)(C)C)C1CC1. The van der Waals surface area contributed by atoms with Gasteiger partial charge in [-0.1, -0.05) is 66.7 Å². The number of nitrogens with zero attached hydrogens (tertiary/aromatic N) is 1. The van der Waals surface area contributed by atoms with Gasteiger partial charge in [0.15, 0.2) is 0 Å². The molecule has 2 atom stereocenters. The molecule has 4 rings (SSSR count). The minimum absolute atomic E-state index is 0.0904. The number of carbonyl (C=O) groups is 3. The van der Waals surface area contributed by atoms with E-state index >= 15 is 0 Å². The van der Waals surface area contributed by atoms with Gasteiger partial charge in [0, 0.05) is 23.7 Å². The number of aryl methyl sites for hydroxylation is 2. The van der Waals surface area contributed by atoms with Crippen LogP contribution in [0.3, 0.4) is 0 Å². The number of aromatic hydroxyl groups is 1. The van der Waals surface area contributed by atoms with E-state index < -0.39 is 35.6 Å². The summed E-state index contributed by atoms with van der Waals surface area (Å²) < 4.78 is 5.49. The predicted molar refractivity (Wildman–Crippen MR) is 159 cm³/mol. The molecule has 8 nitrogen and oxygen atoms in total. The number of carbonyl (C=O) groups excluding carboxylic acids is 3. The predicted octanol–water partition coefficient (Wildman–Crippen LogP) is 5.82. The Labute approximate surface area is 241 Å². The molecule has 3 aromatic rings. The van der Waals surface area contributed by atoms with Gasteiger partial charge in [-0.15, -0.1) is 0 Å². The zero-order chi connectivity index (χ0) is 29.7. The number of nitrogens with one attached hydrogen (secondary N) is 2. The Morgan fingerprint density at radius 2 is 1.54 bits per heavy atom. The van der Waals surface area contributed by atoms with Gasteiger partial charge in [0.25, 0.3) is 5.91 Å². The van der Waals surface area contributed by atoms with Crippen molar-refractivity contribution in [1.29, 1.82) is 0 Å². The van der Waals surface area contributed by atoms with Gasteiger partial charge < -0.3 is 25.4 Å². The van der Waals surface area contributed by atoms with Gasteiger partial charge in [-0.2, -0.15) is 0 Å². The number of hydrogen-bond acceptors (Lipinski definition) is 5. The third-order valence-corrected chi connectivity index (χ3v) is 6.95. The summed E-state index contributed by atoms with van der Waals surface area (Å²) in [5.41, 5.74) is 2.82. The third kappa shape index (κ3) is 7.66. The van der Waals surface area contributed by atoms with Crippen molar-refractivity contribution < 1.29 is 24.2 Å². The second-order valence-corrected chi connectivity index (χ2v) is 11.6. The average Bonchev–Trinajstić information content (AvgIpc) is 3.74. The summed E-state index contributed by atoms with van der Waals surface area (Å²) in [5, 5.41) is 16.7. The van der Waals surface area contributed by atoms with Crippen LogP contribution in [0.4, 0.5) is 10.5 Å². The molecule has 3 N–H and O–H groups in total. The van der Waals surface area contributed by atoms with Crippen LogP contribution in [-0.2, 0) is 20.7 Å². The van der Waals surface area contributed by atoms with E-state index in [4.69, 9.17) is 4.74 Å². The minimum atomic E-state index is -1.13. The summed E-state index contributed by atoms with van der Waals surface area (Å²) in [4.78, 5) is 43.0. The fraction of sp³-hybridized carbons (Fsp3) is 0.364. The van der Waals surface area contributed by atoms with Gasteiger partial charge in [-0.05, 0) is 70.2 Å². The molecular formula is C33H39N3O5. The second kappa shape index (κ2) is 12.5. The van der Waals surface area contributed by atoms with E-state index in [1.807, 2.05) is 62.4 Å². The number of alkyl carbamates (subject to hydrolysis) is 1. The van der Waals surface area contributed by atoms with Crippen LogP contribution in [0, 0.1) is 13.8 Å². The number of rotatable bonds is 9. The van der Waals surface area contributed by atoms with Crippen LogP contribution in [-0.4, -0.2) is 45.6 Å². The minimum Gasteiger partial charge on any atom is -0.508 e. The first-order valence-electron chi connectivity index (χ1n) is 13.9. The van der Waals surface area contributed by atoms with Crippen LogP contribution in [0.15, 0.2) is 72.8 Å². The van der Waals surface area contributed by atoms with E-state index in [2.05, 4.69) is 10.6 Å². The topological polar surface area (TPSA) is 108 Å². The highest BCUT2D eigenvalue weighted by Gasteiger charge is 2.45. The number of phenolic OH excluding ortho intramolecular Hbond substituents is 1. The smallest absolute Gasteiger partial charge is 0.408 e. The van der Waals surface area contributed by atoms with Gasteiger partial charge in [0.05, 0.1) is 0 Å². The maximum Gasteiger partial charge on any atom is 0.408 e. The summed E-state index contributed by atoms with van der Waals surface area (Å²) in [6.45, 7) is 9.07. The molecule has 41 heavy (non-hydrogen) atoms. The lowest BCUT2D eigenvalue weighted by Gasteiger charge is -2.35. The molecule has 0 spiro atoms. The first-order chi connectivity index (χ1) is 19.4. The molecule has 3 amide bonds. The lowest BCUT2D eigenvalue weighted by molar-refractivity contribution is -0.141. The highest BCUT2D eigenvalue weighted by molar-refractivity contribution is 6.00. The molecule has 0 bridgehead atoms. The highest BCUT2D eigenvalue weighted by Crippen LogP contribution is 2.39. The molecule has 1 aliphatic rings. The molecule has 1 fully saturated rings. The van der Waals surface area contributed by atoms with Crippen molar-refractivity contribution in [3.63, 3.8) is 0 Å². The summed E-state index contributed by atoms with van der Waals surface area (Å²) in [7, 11) is 0. The van der Waals surface area contributed by atoms with Crippen molar-refractivity contribution in [3.05, 3.63) is 95.1 Å². The Morgan fingerprint density at radius 3 is 2.12 bits per heavy atom. The molecule has 0 radical (unpaired) electrons. The van der Waals surface area contributed by atoms with Crippen molar-refractivity contribution in [3.8, 4) is 5.75 Å². The largest absolute Gasteiger partial charge is 0.508 e. The molecule has 216 valence electrons. The van der Waals surface area contributed by atoms with E-state index in [-0.39, 0.29) is 18.2 Å². The zero-order valence-electron chi connectivity index (χ0n) is 24.3. The normalized spacial score (nSPS) is 14.5. The molecule has 2 unspecified atom stereocenters. The molecule has 1 saturated carbocycles. The Bertz CT molecular complexity index is 1380. The van der Waals surface area contributed by atoms with Crippen LogP contribution >= 0.6 is 0 Å². The zero-order valence-corrected chi connectivity index (χ0v) is 24.3. The molecule has 3 aromatic carbocycles. The van der Waals surface area contributed by atoms with Crippen LogP contribution < -0.4 is 10.6 Å². The van der Waals surface area contributed by atoms with Crippen LogP contribution in [0.25, 0.3) is 0 Å². The van der Waals surface area contributed by atoms with Gasteiger partial charge in [0.2, 0.25) is 5.91 Å². The number of anilines is 1. The monoisotopic (exact) mass is 557 g/mol. The first kappa shape index (κ1) is 29.6. The van der Waals surface area contributed by atoms with E-state index in [1.165, 1.54) is 11.0 Å². The van der Waals surface area contributed by atoms with Gasteiger partial charge in [0.1, 0.15) is 23.4 Å². The standard InChI is InChI=1S/C33H39N3O5/c1-21-12-11-13-22(2)28(21)35-30(38)29(25-16-9-10-17-27(25)37)36(24-18-19-24)31(39)26(20-23-14-7-6-8-15-23)34-32(40)41-33(3,4)5/h6-17,24,26,29,37H,18-20H2,1-5H3,(H,34,40)(H,35,38). The molecular weight excluding hydrogens is 518 g/mol. The summed E-state index contributed by atoms with van der Waals surface area (Å²) in [6, 6.07) is 19.3. The Morgan fingerprint density at radius 1 is 0.927 bits per heavy atom. The first-order valence-corrected chi connectivity index (χ1v) is 13.9. The van der Waals surface area contributed by atoms with E-state index in [0.717, 1.165) is 16.7 Å². The Kier molecular flexibility index (Phi) is 9.01. The molecule has 0 aliphatic heterocycles. The van der Waals surface area contributed by atoms with Crippen molar-refractivity contribution in [1.82, 2.24) is 10.2 Å². The maximum absolute atomic E-state index is 14.4. The fourth-order valence-corrected chi connectivity index (χ4v) is 4.89. The third-order valence-electron chi connectivity index (χ3n) is 6.95. The number of benzene rings is 3. The summed E-state index contributed by atoms with van der Waals surface area (Å²) in [5.74, 6) is -0.959. The van der Waals surface area contributed by atoms with Crippen molar-refractivity contribution in [2.24, 2.45) is 0 Å². The second-order valence-electron chi connectivity index (χ2n) is 11.6. The van der Waals surface area contributed by atoms with E-state index in [0.29, 0.717) is 24.1 Å².